The number of hydrogen-bond acceptors (Lipinski definition) is 5. The van der Waals surface area contributed by atoms with E-state index in [2.05, 4.69) is 34.7 Å². The number of amides is 1. The molecule has 3 fully saturated rings. The summed E-state index contributed by atoms with van der Waals surface area (Å²) in [6.45, 7) is 2.79. The predicted octanol–water partition coefficient (Wildman–Crippen LogP) is 2.67. The van der Waals surface area contributed by atoms with Crippen LogP contribution in [0.2, 0.25) is 0 Å². The third-order valence-electron chi connectivity index (χ3n) is 7.46. The molecule has 0 bridgehead atoms. The van der Waals surface area contributed by atoms with E-state index in [1.165, 1.54) is 30.4 Å². The molecule has 2 saturated carbocycles. The number of carbonyl (C=O) groups is 1. The fourth-order valence-electron chi connectivity index (χ4n) is 5.55. The Morgan fingerprint density at radius 2 is 2.12 bits per heavy atom. The van der Waals surface area contributed by atoms with Crippen molar-refractivity contribution in [1.29, 1.82) is 0 Å². The number of nitrogens with zero attached hydrogens (tertiary/aromatic N) is 4. The summed E-state index contributed by atoms with van der Waals surface area (Å²) in [4.78, 5) is 12.3. The molecule has 166 valence electrons. The molecule has 0 atom stereocenters. The van der Waals surface area contributed by atoms with Crippen LogP contribution in [0.25, 0.3) is 11.3 Å². The van der Waals surface area contributed by atoms with Gasteiger partial charge in [0, 0.05) is 18.3 Å². The van der Waals surface area contributed by atoms with Crippen LogP contribution in [0.15, 0.2) is 36.7 Å². The smallest absolute Gasteiger partial charge is 0.254 e. The van der Waals surface area contributed by atoms with Crippen molar-refractivity contribution in [1.82, 2.24) is 24.9 Å². The van der Waals surface area contributed by atoms with Crippen LogP contribution in [-0.4, -0.2) is 38.6 Å². The van der Waals surface area contributed by atoms with Crippen molar-refractivity contribution in [3.8, 4) is 11.3 Å². The lowest BCUT2D eigenvalue weighted by molar-refractivity contribution is 0.0774. The lowest BCUT2D eigenvalue weighted by Crippen LogP contribution is -2.40. The van der Waals surface area contributed by atoms with Gasteiger partial charge in [0.2, 0.25) is 0 Å². The predicted molar refractivity (Wildman–Crippen MR) is 122 cm³/mol. The normalized spacial score (nSPS) is 24.7. The van der Waals surface area contributed by atoms with Gasteiger partial charge in [0.25, 0.3) is 5.91 Å². The highest BCUT2D eigenvalue weighted by molar-refractivity contribution is 6.03. The summed E-state index contributed by atoms with van der Waals surface area (Å²) in [7, 11) is 0. The molecule has 0 unspecified atom stereocenters. The van der Waals surface area contributed by atoms with Crippen molar-refractivity contribution in [3.05, 3.63) is 53.3 Å². The maximum absolute atomic E-state index is 12.3. The molecule has 3 aliphatic rings. The van der Waals surface area contributed by atoms with Gasteiger partial charge in [0.15, 0.2) is 0 Å². The van der Waals surface area contributed by atoms with Crippen molar-refractivity contribution >= 4 is 11.7 Å². The van der Waals surface area contributed by atoms with Crippen LogP contribution in [0.1, 0.15) is 65.5 Å². The van der Waals surface area contributed by atoms with E-state index in [1.807, 2.05) is 15.6 Å². The first kappa shape index (κ1) is 19.5. The molecular weight excluding hydrogens is 402 g/mol. The molecule has 8 heteroatoms. The van der Waals surface area contributed by atoms with Gasteiger partial charge in [-0.1, -0.05) is 24.3 Å². The van der Waals surface area contributed by atoms with Gasteiger partial charge in [-0.05, 0) is 61.1 Å². The Morgan fingerprint density at radius 3 is 2.84 bits per heavy atom. The molecule has 1 aliphatic heterocycles. The fraction of sp³-hybridized carbons (Fsp3) is 0.458. The summed E-state index contributed by atoms with van der Waals surface area (Å²) in [6.07, 6.45) is 9.48. The van der Waals surface area contributed by atoms with Crippen molar-refractivity contribution < 1.29 is 4.79 Å². The van der Waals surface area contributed by atoms with Crippen LogP contribution >= 0.6 is 0 Å². The number of aromatic nitrogens is 4. The van der Waals surface area contributed by atoms with E-state index in [-0.39, 0.29) is 6.04 Å². The molecule has 1 amide bonds. The Bertz CT molecular complexity index is 1170. The summed E-state index contributed by atoms with van der Waals surface area (Å²) >= 11 is 0. The average molecular weight is 432 g/mol. The zero-order valence-corrected chi connectivity index (χ0v) is 18.1. The third kappa shape index (κ3) is 3.30. The van der Waals surface area contributed by atoms with Gasteiger partial charge in [-0.15, -0.1) is 0 Å². The molecule has 6 rings (SSSR count). The minimum Gasteiger partial charge on any atom is -0.383 e. The number of nitrogens with one attached hydrogen (secondary N) is 1. The monoisotopic (exact) mass is 431 g/mol. The van der Waals surface area contributed by atoms with Crippen LogP contribution in [0.5, 0.6) is 0 Å². The van der Waals surface area contributed by atoms with E-state index in [1.54, 1.807) is 6.20 Å². The molecule has 0 radical (unpaired) electrons. The van der Waals surface area contributed by atoms with Gasteiger partial charge in [0.05, 0.1) is 18.8 Å². The summed E-state index contributed by atoms with van der Waals surface area (Å²) in [5.74, 6) is 0.534. The maximum Gasteiger partial charge on any atom is 0.254 e. The lowest BCUT2D eigenvalue weighted by Gasteiger charge is -2.45. The summed E-state index contributed by atoms with van der Waals surface area (Å²) in [5, 5.41) is 12.7. The number of hydrogen-bond donors (Lipinski definition) is 3. The Labute approximate surface area is 187 Å². The molecule has 8 nitrogen and oxygen atoms in total. The number of nitrogens with two attached hydrogens (primary N) is 2. The number of nitrogen functional groups attached to an aromatic ring is 1. The minimum absolute atomic E-state index is 0.210. The fourth-order valence-corrected chi connectivity index (χ4v) is 5.55. The third-order valence-corrected chi connectivity index (χ3v) is 7.46. The molecule has 32 heavy (non-hydrogen) atoms. The molecule has 3 aromatic rings. The largest absolute Gasteiger partial charge is 0.383 e. The van der Waals surface area contributed by atoms with Gasteiger partial charge < -0.3 is 16.8 Å². The molecular formula is C24H29N7O. The van der Waals surface area contributed by atoms with Crippen LogP contribution in [0.3, 0.4) is 0 Å². The maximum atomic E-state index is 12.3. The number of anilines is 1. The Balaban J connectivity index is 1.26. The summed E-state index contributed by atoms with van der Waals surface area (Å²) in [5.41, 5.74) is 16.7. The van der Waals surface area contributed by atoms with Crippen LogP contribution in [-0.2, 0) is 6.54 Å². The SMILES string of the molecule is NC(=O)c1c(-c2cnn(Cc3cccc(C4CC4)c3)c2)nn(C2CC3(CCNC3)C2)c1N. The number of carbonyl (C=O) groups excluding carboxylic acids is 1. The first-order valence-electron chi connectivity index (χ1n) is 11.5. The van der Waals surface area contributed by atoms with Gasteiger partial charge in [-0.25, -0.2) is 4.68 Å². The van der Waals surface area contributed by atoms with E-state index in [9.17, 15) is 4.79 Å². The van der Waals surface area contributed by atoms with Crippen molar-refractivity contribution in [2.75, 3.05) is 18.8 Å². The first-order chi connectivity index (χ1) is 15.5. The summed E-state index contributed by atoms with van der Waals surface area (Å²) < 4.78 is 3.69. The van der Waals surface area contributed by atoms with E-state index in [4.69, 9.17) is 16.6 Å². The van der Waals surface area contributed by atoms with E-state index >= 15 is 0 Å². The number of rotatable bonds is 6. The number of primary amides is 1. The van der Waals surface area contributed by atoms with Crippen molar-refractivity contribution in [2.45, 2.75) is 50.6 Å². The second kappa shape index (κ2) is 7.20. The zero-order chi connectivity index (χ0) is 21.9. The highest BCUT2D eigenvalue weighted by Gasteiger charge is 2.48. The van der Waals surface area contributed by atoms with E-state index < -0.39 is 5.91 Å². The standard InChI is InChI=1S/C24H29N7O/c25-22-20(23(26)32)21(29-31(22)19-9-24(10-19)6-7-27-14-24)18-11-28-30(13-18)12-15-2-1-3-17(8-15)16-4-5-16/h1-3,8,11,13,16,19,27H,4-7,9-10,12,14,25H2,(H2,26,32). The molecule has 1 aromatic carbocycles. The second-order valence-corrected chi connectivity index (χ2v) is 9.85. The van der Waals surface area contributed by atoms with Gasteiger partial charge in [-0.3, -0.25) is 9.48 Å². The molecule has 1 spiro atoms. The second-order valence-electron chi connectivity index (χ2n) is 9.85. The molecule has 3 heterocycles. The molecule has 2 aliphatic carbocycles. The van der Waals surface area contributed by atoms with Crippen molar-refractivity contribution in [2.24, 2.45) is 11.1 Å². The first-order valence-corrected chi connectivity index (χ1v) is 11.5. The van der Waals surface area contributed by atoms with Gasteiger partial charge in [0.1, 0.15) is 17.1 Å². The highest BCUT2D eigenvalue weighted by Crippen LogP contribution is 2.53. The molecule has 2 aromatic heterocycles. The minimum atomic E-state index is -0.551. The van der Waals surface area contributed by atoms with Gasteiger partial charge in [-0.2, -0.15) is 10.2 Å². The summed E-state index contributed by atoms with van der Waals surface area (Å²) in [6, 6.07) is 8.93. The van der Waals surface area contributed by atoms with Gasteiger partial charge >= 0.3 is 0 Å². The van der Waals surface area contributed by atoms with Crippen LogP contribution in [0.4, 0.5) is 5.82 Å². The van der Waals surface area contributed by atoms with E-state index in [0.29, 0.717) is 29.0 Å². The molecule has 1 saturated heterocycles. The zero-order valence-electron chi connectivity index (χ0n) is 18.1. The highest BCUT2D eigenvalue weighted by atomic mass is 16.1. The van der Waals surface area contributed by atoms with E-state index in [0.717, 1.165) is 37.4 Å². The Morgan fingerprint density at radius 1 is 1.28 bits per heavy atom. The number of benzene rings is 1. The Hall–Kier alpha value is -3.13. The average Bonchev–Trinajstić information content (AvgIpc) is 3.14. The van der Waals surface area contributed by atoms with Crippen LogP contribution in [0, 0.1) is 5.41 Å². The van der Waals surface area contributed by atoms with Crippen LogP contribution < -0.4 is 16.8 Å². The van der Waals surface area contributed by atoms with Crippen molar-refractivity contribution in [3.63, 3.8) is 0 Å². The topological polar surface area (TPSA) is 117 Å². The Kier molecular flexibility index (Phi) is 4.40. The quantitative estimate of drug-likeness (QED) is 0.555. The molecule has 5 N–H and O–H groups in total. The lowest BCUT2D eigenvalue weighted by atomic mass is 9.65.